The molecule has 2 aromatic rings. The molecule has 0 unspecified atom stereocenters. The smallest absolute Gasteiger partial charge is 0.257 e. The second-order valence-electron chi connectivity index (χ2n) is 4.64. The summed E-state index contributed by atoms with van der Waals surface area (Å²) in [6, 6.07) is 9.63. The van der Waals surface area contributed by atoms with Crippen molar-refractivity contribution in [2.24, 2.45) is 0 Å². The van der Waals surface area contributed by atoms with Gasteiger partial charge in [0.25, 0.3) is 5.91 Å². The molecule has 0 atom stereocenters. The fraction of sp³-hybridized carbons (Fsp3) is 0.250. The molecule has 1 heterocycles. The maximum atomic E-state index is 12.2. The number of benzene rings is 1. The van der Waals surface area contributed by atoms with E-state index in [1.165, 1.54) is 0 Å². The van der Waals surface area contributed by atoms with Crippen LogP contribution in [0.3, 0.4) is 0 Å². The van der Waals surface area contributed by atoms with Gasteiger partial charge in [0, 0.05) is 24.6 Å². The number of hydrogen-bond acceptors (Lipinski definition) is 3. The average Bonchev–Trinajstić information content (AvgIpc) is 2.46. The zero-order valence-corrected chi connectivity index (χ0v) is 11.8. The van der Waals surface area contributed by atoms with E-state index in [0.717, 1.165) is 29.9 Å². The van der Waals surface area contributed by atoms with Crippen LogP contribution in [0, 0.1) is 6.92 Å². The molecule has 20 heavy (non-hydrogen) atoms. The van der Waals surface area contributed by atoms with E-state index >= 15 is 0 Å². The molecule has 0 fully saturated rings. The lowest BCUT2D eigenvalue weighted by molar-refractivity contribution is 0.102. The number of carbonyl (C=O) groups is 1. The zero-order valence-electron chi connectivity index (χ0n) is 11.8. The van der Waals surface area contributed by atoms with Crippen molar-refractivity contribution in [2.75, 3.05) is 11.9 Å². The summed E-state index contributed by atoms with van der Waals surface area (Å²) >= 11 is 0. The van der Waals surface area contributed by atoms with E-state index in [1.54, 1.807) is 12.4 Å². The normalized spacial score (nSPS) is 10.3. The number of anilines is 1. The molecule has 1 aromatic carbocycles. The van der Waals surface area contributed by atoms with Gasteiger partial charge in [-0.2, -0.15) is 0 Å². The highest BCUT2D eigenvalue weighted by molar-refractivity contribution is 6.04. The number of nitrogens with one attached hydrogen (secondary N) is 2. The molecule has 0 bridgehead atoms. The van der Waals surface area contributed by atoms with E-state index in [1.807, 2.05) is 37.3 Å². The van der Waals surface area contributed by atoms with Gasteiger partial charge in [-0.25, -0.2) is 0 Å². The number of pyridine rings is 1. The van der Waals surface area contributed by atoms with Crippen LogP contribution in [0.5, 0.6) is 0 Å². The number of rotatable bonds is 5. The molecular weight excluding hydrogens is 250 g/mol. The van der Waals surface area contributed by atoms with Gasteiger partial charge in [-0.3, -0.25) is 9.78 Å². The fourth-order valence-electron chi connectivity index (χ4n) is 1.93. The number of aromatic nitrogens is 1. The zero-order chi connectivity index (χ0) is 14.4. The molecule has 2 rings (SSSR count). The van der Waals surface area contributed by atoms with Crippen LogP contribution in [-0.2, 0) is 6.54 Å². The first-order valence-electron chi connectivity index (χ1n) is 6.72. The van der Waals surface area contributed by atoms with Crippen molar-refractivity contribution in [3.63, 3.8) is 0 Å². The molecule has 1 aromatic heterocycles. The molecule has 0 aliphatic carbocycles. The van der Waals surface area contributed by atoms with Crippen LogP contribution >= 0.6 is 0 Å². The molecule has 0 spiro atoms. The van der Waals surface area contributed by atoms with Gasteiger partial charge in [0.05, 0.1) is 5.56 Å². The van der Waals surface area contributed by atoms with Gasteiger partial charge in [-0.15, -0.1) is 0 Å². The van der Waals surface area contributed by atoms with Crippen LogP contribution < -0.4 is 10.6 Å². The Morgan fingerprint density at radius 2 is 2.05 bits per heavy atom. The number of para-hydroxylation sites is 1. The highest BCUT2D eigenvalue weighted by Gasteiger charge is 2.09. The van der Waals surface area contributed by atoms with Gasteiger partial charge in [-0.1, -0.05) is 25.1 Å². The standard InChI is InChI=1S/C16H19N3O/c1-3-17-10-13-6-4-5-7-15(13)19-16(20)14-8-12(2)9-18-11-14/h4-9,11,17H,3,10H2,1-2H3,(H,19,20). The van der Waals surface area contributed by atoms with Crippen LogP contribution in [-0.4, -0.2) is 17.4 Å². The van der Waals surface area contributed by atoms with Gasteiger partial charge >= 0.3 is 0 Å². The highest BCUT2D eigenvalue weighted by atomic mass is 16.1. The monoisotopic (exact) mass is 269 g/mol. The van der Waals surface area contributed by atoms with Gasteiger partial charge < -0.3 is 10.6 Å². The molecule has 0 aliphatic heterocycles. The Morgan fingerprint density at radius 3 is 2.80 bits per heavy atom. The van der Waals surface area contributed by atoms with Gasteiger partial charge in [-0.05, 0) is 36.7 Å². The summed E-state index contributed by atoms with van der Waals surface area (Å²) < 4.78 is 0. The van der Waals surface area contributed by atoms with Crippen LogP contribution in [0.1, 0.15) is 28.4 Å². The largest absolute Gasteiger partial charge is 0.322 e. The molecule has 0 saturated carbocycles. The summed E-state index contributed by atoms with van der Waals surface area (Å²) in [5, 5.41) is 6.21. The Balaban J connectivity index is 2.15. The molecule has 0 radical (unpaired) electrons. The predicted molar refractivity (Wildman–Crippen MR) is 80.7 cm³/mol. The van der Waals surface area contributed by atoms with Crippen molar-refractivity contribution in [1.82, 2.24) is 10.3 Å². The van der Waals surface area contributed by atoms with Gasteiger partial charge in [0.2, 0.25) is 0 Å². The summed E-state index contributed by atoms with van der Waals surface area (Å²) in [6.07, 6.45) is 3.31. The summed E-state index contributed by atoms with van der Waals surface area (Å²) in [5.41, 5.74) is 3.45. The van der Waals surface area contributed by atoms with E-state index in [0.29, 0.717) is 5.56 Å². The number of nitrogens with zero attached hydrogens (tertiary/aromatic N) is 1. The molecule has 104 valence electrons. The number of hydrogen-bond donors (Lipinski definition) is 2. The van der Waals surface area contributed by atoms with Crippen molar-refractivity contribution in [3.8, 4) is 0 Å². The number of aryl methyl sites for hydroxylation is 1. The topological polar surface area (TPSA) is 54.0 Å². The first kappa shape index (κ1) is 14.2. The lowest BCUT2D eigenvalue weighted by atomic mass is 10.1. The Morgan fingerprint density at radius 1 is 1.25 bits per heavy atom. The van der Waals surface area contributed by atoms with Crippen LogP contribution in [0.25, 0.3) is 0 Å². The maximum absolute atomic E-state index is 12.2. The molecule has 4 heteroatoms. The lowest BCUT2D eigenvalue weighted by Gasteiger charge is -2.11. The van der Waals surface area contributed by atoms with Crippen molar-refractivity contribution >= 4 is 11.6 Å². The van der Waals surface area contributed by atoms with Crippen LogP contribution in [0.2, 0.25) is 0 Å². The van der Waals surface area contributed by atoms with E-state index < -0.39 is 0 Å². The molecule has 2 N–H and O–H groups in total. The van der Waals surface area contributed by atoms with E-state index in [9.17, 15) is 4.79 Å². The van der Waals surface area contributed by atoms with Gasteiger partial charge in [0.15, 0.2) is 0 Å². The molecule has 0 saturated heterocycles. The predicted octanol–water partition coefficient (Wildman–Crippen LogP) is 2.75. The third kappa shape index (κ3) is 3.65. The first-order valence-corrected chi connectivity index (χ1v) is 6.72. The summed E-state index contributed by atoms with van der Waals surface area (Å²) in [4.78, 5) is 16.3. The Kier molecular flexibility index (Phi) is 4.85. The third-order valence-electron chi connectivity index (χ3n) is 2.97. The summed E-state index contributed by atoms with van der Waals surface area (Å²) in [6.45, 7) is 5.60. The fourth-order valence-corrected chi connectivity index (χ4v) is 1.93. The average molecular weight is 269 g/mol. The molecular formula is C16H19N3O. The van der Waals surface area contributed by atoms with Crippen molar-refractivity contribution in [1.29, 1.82) is 0 Å². The van der Waals surface area contributed by atoms with E-state index in [2.05, 4.69) is 22.5 Å². The Labute approximate surface area is 119 Å². The Hall–Kier alpha value is -2.20. The van der Waals surface area contributed by atoms with Crippen molar-refractivity contribution in [2.45, 2.75) is 20.4 Å². The maximum Gasteiger partial charge on any atom is 0.257 e. The second-order valence-corrected chi connectivity index (χ2v) is 4.64. The lowest BCUT2D eigenvalue weighted by Crippen LogP contribution is -2.17. The SMILES string of the molecule is CCNCc1ccccc1NC(=O)c1cncc(C)c1. The first-order chi connectivity index (χ1) is 9.70. The second kappa shape index (κ2) is 6.82. The molecule has 0 aliphatic rings. The molecule has 4 nitrogen and oxygen atoms in total. The van der Waals surface area contributed by atoms with E-state index in [-0.39, 0.29) is 5.91 Å². The summed E-state index contributed by atoms with van der Waals surface area (Å²) in [5.74, 6) is -0.134. The van der Waals surface area contributed by atoms with Crippen molar-refractivity contribution < 1.29 is 4.79 Å². The highest BCUT2D eigenvalue weighted by Crippen LogP contribution is 2.16. The minimum Gasteiger partial charge on any atom is -0.322 e. The van der Waals surface area contributed by atoms with Gasteiger partial charge in [0.1, 0.15) is 0 Å². The summed E-state index contributed by atoms with van der Waals surface area (Å²) in [7, 11) is 0. The Bertz CT molecular complexity index is 596. The van der Waals surface area contributed by atoms with Crippen LogP contribution in [0.4, 0.5) is 5.69 Å². The number of carbonyl (C=O) groups excluding carboxylic acids is 1. The van der Waals surface area contributed by atoms with Crippen molar-refractivity contribution in [3.05, 3.63) is 59.4 Å². The number of amides is 1. The van der Waals surface area contributed by atoms with Crippen LogP contribution in [0.15, 0.2) is 42.7 Å². The van der Waals surface area contributed by atoms with E-state index in [4.69, 9.17) is 0 Å². The quantitative estimate of drug-likeness (QED) is 0.877. The minimum atomic E-state index is -0.134. The minimum absolute atomic E-state index is 0.134. The third-order valence-corrected chi connectivity index (χ3v) is 2.97. The molecule has 1 amide bonds.